The van der Waals surface area contributed by atoms with E-state index in [9.17, 15) is 0 Å². The lowest BCUT2D eigenvalue weighted by Crippen LogP contribution is -2.06. The van der Waals surface area contributed by atoms with Gasteiger partial charge in [0.15, 0.2) is 0 Å². The molecule has 0 radical (unpaired) electrons. The first-order valence-corrected chi connectivity index (χ1v) is 4.88. The van der Waals surface area contributed by atoms with Crippen LogP contribution in [0.3, 0.4) is 0 Å². The van der Waals surface area contributed by atoms with Crippen LogP contribution in [0.15, 0.2) is 16.9 Å². The fraction of sp³-hybridized carbons (Fsp3) is 0.625. The van der Waals surface area contributed by atoms with Gasteiger partial charge in [-0.25, -0.2) is 0 Å². The highest BCUT2D eigenvalue weighted by Gasteiger charge is 1.93. The van der Waals surface area contributed by atoms with Crippen LogP contribution in [0.1, 0.15) is 13.3 Å². The molecule has 0 spiro atoms. The second-order valence-corrected chi connectivity index (χ2v) is 3.45. The average Bonchev–Trinajstić information content (AvgIpc) is 2.45. The number of ether oxygens (including phenoxy) is 1. The summed E-state index contributed by atoms with van der Waals surface area (Å²) in [6.45, 7) is 4.50. The van der Waals surface area contributed by atoms with Gasteiger partial charge < -0.3 is 4.74 Å². The molecule has 1 rings (SSSR count). The molecule has 3 nitrogen and oxygen atoms in total. The third kappa shape index (κ3) is 3.36. The standard InChI is InChI=1S/C8H13BrN2O/c1-2-4-12-5-3-11-7-8(9)6-10-11/h6-7H,2-5H2,1H3. The summed E-state index contributed by atoms with van der Waals surface area (Å²) in [6.07, 6.45) is 4.79. The van der Waals surface area contributed by atoms with Gasteiger partial charge in [0.2, 0.25) is 0 Å². The maximum atomic E-state index is 5.32. The second kappa shape index (κ2) is 5.32. The van der Waals surface area contributed by atoms with Gasteiger partial charge in [0.1, 0.15) is 0 Å². The summed E-state index contributed by atoms with van der Waals surface area (Å²) in [7, 11) is 0. The van der Waals surface area contributed by atoms with E-state index in [4.69, 9.17) is 4.74 Å². The predicted molar refractivity (Wildman–Crippen MR) is 51.0 cm³/mol. The zero-order valence-corrected chi connectivity index (χ0v) is 8.75. The van der Waals surface area contributed by atoms with Gasteiger partial charge in [-0.05, 0) is 22.4 Å². The summed E-state index contributed by atoms with van der Waals surface area (Å²) >= 11 is 3.33. The van der Waals surface area contributed by atoms with Gasteiger partial charge in [-0.1, -0.05) is 6.92 Å². The minimum atomic E-state index is 0.738. The van der Waals surface area contributed by atoms with Crippen molar-refractivity contribution in [3.8, 4) is 0 Å². The van der Waals surface area contributed by atoms with Crippen molar-refractivity contribution in [2.45, 2.75) is 19.9 Å². The van der Waals surface area contributed by atoms with E-state index in [0.29, 0.717) is 0 Å². The minimum absolute atomic E-state index is 0.738. The first-order chi connectivity index (χ1) is 5.83. The number of hydrogen-bond acceptors (Lipinski definition) is 2. The van der Waals surface area contributed by atoms with Crippen LogP contribution < -0.4 is 0 Å². The minimum Gasteiger partial charge on any atom is -0.380 e. The molecule has 0 amide bonds. The van der Waals surface area contributed by atoms with Gasteiger partial charge in [-0.2, -0.15) is 5.10 Å². The van der Waals surface area contributed by atoms with Crippen molar-refractivity contribution in [1.29, 1.82) is 0 Å². The number of halogens is 1. The van der Waals surface area contributed by atoms with E-state index in [1.54, 1.807) is 6.20 Å². The molecule has 0 aliphatic heterocycles. The van der Waals surface area contributed by atoms with Crippen molar-refractivity contribution >= 4 is 15.9 Å². The Labute approximate surface area is 80.8 Å². The molecule has 12 heavy (non-hydrogen) atoms. The van der Waals surface area contributed by atoms with Gasteiger partial charge in [0.25, 0.3) is 0 Å². The van der Waals surface area contributed by atoms with E-state index < -0.39 is 0 Å². The highest BCUT2D eigenvalue weighted by molar-refractivity contribution is 9.10. The molecule has 0 unspecified atom stereocenters. The van der Waals surface area contributed by atoms with Gasteiger partial charge in [-0.3, -0.25) is 4.68 Å². The third-order valence-corrected chi connectivity index (χ3v) is 1.82. The molecule has 0 aliphatic carbocycles. The lowest BCUT2D eigenvalue weighted by molar-refractivity contribution is 0.124. The lowest BCUT2D eigenvalue weighted by Gasteiger charge is -2.01. The van der Waals surface area contributed by atoms with Crippen molar-refractivity contribution in [3.63, 3.8) is 0 Å². The predicted octanol–water partition coefficient (Wildman–Crippen LogP) is 2.07. The van der Waals surface area contributed by atoms with Gasteiger partial charge in [-0.15, -0.1) is 0 Å². The van der Waals surface area contributed by atoms with Crippen LogP contribution in [0.4, 0.5) is 0 Å². The summed E-state index contributed by atoms with van der Waals surface area (Å²) < 4.78 is 8.19. The zero-order chi connectivity index (χ0) is 8.81. The fourth-order valence-electron chi connectivity index (χ4n) is 0.865. The molecule has 0 aliphatic rings. The molecule has 68 valence electrons. The van der Waals surface area contributed by atoms with Crippen molar-refractivity contribution in [3.05, 3.63) is 16.9 Å². The largest absolute Gasteiger partial charge is 0.380 e. The molecule has 0 aromatic carbocycles. The van der Waals surface area contributed by atoms with Crippen molar-refractivity contribution in [2.75, 3.05) is 13.2 Å². The number of nitrogens with zero attached hydrogens (tertiary/aromatic N) is 2. The smallest absolute Gasteiger partial charge is 0.0662 e. The van der Waals surface area contributed by atoms with E-state index in [0.717, 1.165) is 30.7 Å². The van der Waals surface area contributed by atoms with E-state index in [1.165, 1.54) is 0 Å². The molecule has 0 saturated carbocycles. The molecule has 0 bridgehead atoms. The molecule has 1 aromatic rings. The van der Waals surface area contributed by atoms with Gasteiger partial charge >= 0.3 is 0 Å². The van der Waals surface area contributed by atoms with Crippen LogP contribution in [0.2, 0.25) is 0 Å². The summed E-state index contributed by atoms with van der Waals surface area (Å²) in [5, 5.41) is 4.10. The Morgan fingerprint density at radius 1 is 1.58 bits per heavy atom. The van der Waals surface area contributed by atoms with E-state index >= 15 is 0 Å². The molecule has 0 atom stereocenters. The van der Waals surface area contributed by atoms with E-state index in [1.807, 2.05) is 10.9 Å². The van der Waals surface area contributed by atoms with Crippen LogP contribution in [-0.4, -0.2) is 23.0 Å². The van der Waals surface area contributed by atoms with Crippen LogP contribution in [0, 0.1) is 0 Å². The lowest BCUT2D eigenvalue weighted by atomic mass is 10.5. The van der Waals surface area contributed by atoms with Crippen LogP contribution in [0.25, 0.3) is 0 Å². The topological polar surface area (TPSA) is 27.1 Å². The summed E-state index contributed by atoms with van der Waals surface area (Å²) in [5.41, 5.74) is 0. The molecule has 0 saturated heterocycles. The molecule has 0 fully saturated rings. The van der Waals surface area contributed by atoms with Crippen molar-refractivity contribution in [1.82, 2.24) is 9.78 Å². The highest BCUT2D eigenvalue weighted by atomic mass is 79.9. The van der Waals surface area contributed by atoms with Crippen molar-refractivity contribution in [2.24, 2.45) is 0 Å². The van der Waals surface area contributed by atoms with Crippen LogP contribution in [-0.2, 0) is 11.3 Å². The Bertz CT molecular complexity index is 225. The molecular weight excluding hydrogens is 220 g/mol. The SMILES string of the molecule is CCCOCCn1cc(Br)cn1. The molecule has 4 heteroatoms. The average molecular weight is 233 g/mol. The summed E-state index contributed by atoms with van der Waals surface area (Å²) in [4.78, 5) is 0. The Kier molecular flexibility index (Phi) is 4.32. The van der Waals surface area contributed by atoms with E-state index in [-0.39, 0.29) is 0 Å². The Morgan fingerprint density at radius 3 is 3.00 bits per heavy atom. The van der Waals surface area contributed by atoms with Crippen LogP contribution in [0.5, 0.6) is 0 Å². The highest BCUT2D eigenvalue weighted by Crippen LogP contribution is 2.05. The first kappa shape index (κ1) is 9.74. The van der Waals surface area contributed by atoms with Gasteiger partial charge in [0.05, 0.1) is 23.8 Å². The van der Waals surface area contributed by atoms with Crippen LogP contribution >= 0.6 is 15.9 Å². The maximum absolute atomic E-state index is 5.32. The molecule has 0 N–H and O–H groups in total. The Hall–Kier alpha value is -0.350. The third-order valence-electron chi connectivity index (χ3n) is 1.41. The number of aromatic nitrogens is 2. The quantitative estimate of drug-likeness (QED) is 0.728. The first-order valence-electron chi connectivity index (χ1n) is 4.08. The fourth-order valence-corrected chi connectivity index (χ4v) is 1.19. The van der Waals surface area contributed by atoms with Gasteiger partial charge in [0, 0.05) is 12.8 Å². The Morgan fingerprint density at radius 2 is 2.42 bits per heavy atom. The molecule has 1 aromatic heterocycles. The zero-order valence-electron chi connectivity index (χ0n) is 7.16. The Balaban J connectivity index is 2.15. The second-order valence-electron chi connectivity index (χ2n) is 2.53. The maximum Gasteiger partial charge on any atom is 0.0662 e. The van der Waals surface area contributed by atoms with E-state index in [2.05, 4.69) is 28.0 Å². The molecule has 1 heterocycles. The summed E-state index contributed by atoms with van der Waals surface area (Å²) in [6, 6.07) is 0. The monoisotopic (exact) mass is 232 g/mol. The van der Waals surface area contributed by atoms with Crippen molar-refractivity contribution < 1.29 is 4.74 Å². The normalized spacial score (nSPS) is 10.5. The number of rotatable bonds is 5. The summed E-state index contributed by atoms with van der Waals surface area (Å²) in [5.74, 6) is 0. The molecular formula is C8H13BrN2O. The number of hydrogen-bond donors (Lipinski definition) is 0.